The second-order valence-corrected chi connectivity index (χ2v) is 4.51. The van der Waals surface area contributed by atoms with Crippen LogP contribution < -0.4 is 10.6 Å². The molecule has 1 aromatic carbocycles. The lowest BCUT2D eigenvalue weighted by molar-refractivity contribution is 0.622. The molecule has 2 N–H and O–H groups in total. The van der Waals surface area contributed by atoms with Gasteiger partial charge < -0.3 is 10.6 Å². The molecule has 1 fully saturated rings. The summed E-state index contributed by atoms with van der Waals surface area (Å²) in [5, 5.41) is 0. The predicted molar refractivity (Wildman–Crippen MR) is 58.9 cm³/mol. The van der Waals surface area contributed by atoms with Gasteiger partial charge in [0.1, 0.15) is 5.82 Å². The van der Waals surface area contributed by atoms with Crippen LogP contribution in [0.2, 0.25) is 0 Å². The summed E-state index contributed by atoms with van der Waals surface area (Å²) in [5.74, 6) is -0.178. The molecular weight excluding hydrogens is 247 g/mol. The monoisotopic (exact) mass is 258 g/mol. The highest BCUT2D eigenvalue weighted by Crippen LogP contribution is 2.26. The van der Waals surface area contributed by atoms with E-state index in [1.807, 2.05) is 4.90 Å². The third kappa shape index (κ3) is 1.91. The van der Waals surface area contributed by atoms with Crippen molar-refractivity contribution < 1.29 is 4.39 Å². The summed E-state index contributed by atoms with van der Waals surface area (Å²) in [6.07, 6.45) is 0.936. The first-order valence-electron chi connectivity index (χ1n) is 4.62. The Morgan fingerprint density at radius 1 is 1.50 bits per heavy atom. The van der Waals surface area contributed by atoms with Gasteiger partial charge in [0.25, 0.3) is 0 Å². The van der Waals surface area contributed by atoms with Gasteiger partial charge in [-0.1, -0.05) is 15.9 Å². The average Bonchev–Trinajstić information content (AvgIpc) is 2.56. The van der Waals surface area contributed by atoms with Crippen LogP contribution >= 0.6 is 15.9 Å². The first kappa shape index (κ1) is 9.93. The van der Waals surface area contributed by atoms with E-state index in [1.54, 1.807) is 12.1 Å². The van der Waals surface area contributed by atoms with Gasteiger partial charge in [0.2, 0.25) is 0 Å². The lowest BCUT2D eigenvalue weighted by Crippen LogP contribution is -2.26. The molecule has 76 valence electrons. The fourth-order valence-corrected chi connectivity index (χ4v) is 2.08. The van der Waals surface area contributed by atoms with E-state index in [-0.39, 0.29) is 11.9 Å². The topological polar surface area (TPSA) is 29.3 Å². The van der Waals surface area contributed by atoms with E-state index >= 15 is 0 Å². The Hall–Kier alpha value is -0.610. The zero-order valence-corrected chi connectivity index (χ0v) is 9.30. The summed E-state index contributed by atoms with van der Waals surface area (Å²) < 4.78 is 14.3. The zero-order chi connectivity index (χ0) is 10.1. The van der Waals surface area contributed by atoms with Crippen molar-refractivity contribution in [1.29, 1.82) is 0 Å². The smallest absolute Gasteiger partial charge is 0.146 e. The van der Waals surface area contributed by atoms with E-state index in [4.69, 9.17) is 5.73 Å². The maximum absolute atomic E-state index is 13.4. The van der Waals surface area contributed by atoms with Crippen molar-refractivity contribution in [2.24, 2.45) is 5.73 Å². The lowest BCUT2D eigenvalue weighted by Gasteiger charge is -2.18. The zero-order valence-electron chi connectivity index (χ0n) is 7.71. The number of anilines is 1. The van der Waals surface area contributed by atoms with Crippen LogP contribution in [-0.2, 0) is 0 Å². The molecule has 1 aliphatic heterocycles. The van der Waals surface area contributed by atoms with Gasteiger partial charge in [-0.05, 0) is 24.6 Å². The maximum Gasteiger partial charge on any atom is 0.146 e. The Balaban J connectivity index is 2.27. The van der Waals surface area contributed by atoms with Crippen molar-refractivity contribution in [3.63, 3.8) is 0 Å². The molecule has 1 aromatic rings. The Labute approximate surface area is 91.0 Å². The van der Waals surface area contributed by atoms with Gasteiger partial charge in [-0.3, -0.25) is 0 Å². The maximum atomic E-state index is 13.4. The Morgan fingerprint density at radius 3 is 2.93 bits per heavy atom. The first-order valence-corrected chi connectivity index (χ1v) is 5.41. The summed E-state index contributed by atoms with van der Waals surface area (Å²) in [6.45, 7) is 1.59. The summed E-state index contributed by atoms with van der Waals surface area (Å²) >= 11 is 3.33. The van der Waals surface area contributed by atoms with Crippen LogP contribution in [0.25, 0.3) is 0 Å². The van der Waals surface area contributed by atoms with E-state index in [9.17, 15) is 4.39 Å². The van der Waals surface area contributed by atoms with Gasteiger partial charge >= 0.3 is 0 Å². The highest BCUT2D eigenvalue weighted by molar-refractivity contribution is 9.10. The van der Waals surface area contributed by atoms with Gasteiger partial charge in [0.05, 0.1) is 5.69 Å². The average molecular weight is 259 g/mol. The van der Waals surface area contributed by atoms with Crippen molar-refractivity contribution in [3.8, 4) is 0 Å². The Morgan fingerprint density at radius 2 is 2.29 bits per heavy atom. The second kappa shape index (κ2) is 3.87. The van der Waals surface area contributed by atoms with E-state index in [0.717, 1.165) is 24.0 Å². The molecule has 0 bridgehead atoms. The van der Waals surface area contributed by atoms with Gasteiger partial charge in [0, 0.05) is 23.6 Å². The minimum atomic E-state index is -0.178. The number of hydrogen-bond acceptors (Lipinski definition) is 2. The number of nitrogens with zero attached hydrogens (tertiary/aromatic N) is 1. The van der Waals surface area contributed by atoms with Crippen molar-refractivity contribution >= 4 is 21.6 Å². The Bertz CT molecular complexity index is 343. The molecule has 0 aromatic heterocycles. The molecule has 1 saturated heterocycles. The van der Waals surface area contributed by atoms with Crippen LogP contribution in [0.4, 0.5) is 10.1 Å². The number of halogens is 2. The largest absolute Gasteiger partial charge is 0.368 e. The van der Waals surface area contributed by atoms with Crippen LogP contribution in [0.5, 0.6) is 0 Å². The lowest BCUT2D eigenvalue weighted by atomic mass is 10.3. The van der Waals surface area contributed by atoms with Crippen molar-refractivity contribution in [1.82, 2.24) is 0 Å². The Kier molecular flexibility index (Phi) is 2.74. The predicted octanol–water partition coefficient (Wildman–Crippen LogP) is 2.13. The van der Waals surface area contributed by atoms with Crippen molar-refractivity contribution in [2.45, 2.75) is 12.5 Å². The fourth-order valence-electron chi connectivity index (χ4n) is 1.73. The van der Waals surface area contributed by atoms with Crippen molar-refractivity contribution in [2.75, 3.05) is 18.0 Å². The molecule has 1 atom stereocenters. The molecule has 2 nitrogen and oxygen atoms in total. The number of hydrogen-bond donors (Lipinski definition) is 1. The van der Waals surface area contributed by atoms with Crippen molar-refractivity contribution in [3.05, 3.63) is 28.5 Å². The quantitative estimate of drug-likeness (QED) is 0.837. The fraction of sp³-hybridized carbons (Fsp3) is 0.400. The SMILES string of the molecule is NC1CCN(c2cc(Br)ccc2F)C1. The molecule has 0 spiro atoms. The van der Waals surface area contributed by atoms with Gasteiger partial charge in [-0.2, -0.15) is 0 Å². The molecule has 14 heavy (non-hydrogen) atoms. The molecule has 0 amide bonds. The molecule has 0 saturated carbocycles. The normalized spacial score (nSPS) is 21.6. The minimum Gasteiger partial charge on any atom is -0.368 e. The van der Waals surface area contributed by atoms with E-state index in [2.05, 4.69) is 15.9 Å². The third-order valence-corrected chi connectivity index (χ3v) is 2.97. The summed E-state index contributed by atoms with van der Waals surface area (Å²) in [4.78, 5) is 1.99. The van der Waals surface area contributed by atoms with E-state index in [1.165, 1.54) is 6.07 Å². The summed E-state index contributed by atoms with van der Waals surface area (Å²) in [6, 6.07) is 5.15. The van der Waals surface area contributed by atoms with Gasteiger partial charge in [0.15, 0.2) is 0 Å². The molecular formula is C10H12BrFN2. The van der Waals surface area contributed by atoms with Crippen LogP contribution in [-0.4, -0.2) is 19.1 Å². The highest BCUT2D eigenvalue weighted by atomic mass is 79.9. The van der Waals surface area contributed by atoms with Crippen LogP contribution in [0.1, 0.15) is 6.42 Å². The molecule has 1 unspecified atom stereocenters. The highest BCUT2D eigenvalue weighted by Gasteiger charge is 2.21. The van der Waals surface area contributed by atoms with Crippen LogP contribution in [0.3, 0.4) is 0 Å². The number of benzene rings is 1. The third-order valence-electron chi connectivity index (χ3n) is 2.47. The number of rotatable bonds is 1. The standard InChI is InChI=1S/C10H12BrFN2/c11-7-1-2-9(12)10(5-7)14-4-3-8(13)6-14/h1-2,5,8H,3-4,6,13H2. The second-order valence-electron chi connectivity index (χ2n) is 3.59. The summed E-state index contributed by atoms with van der Waals surface area (Å²) in [5.41, 5.74) is 6.42. The van der Waals surface area contributed by atoms with Gasteiger partial charge in [-0.25, -0.2) is 4.39 Å². The molecule has 0 aliphatic carbocycles. The molecule has 0 radical (unpaired) electrons. The van der Waals surface area contributed by atoms with E-state index in [0.29, 0.717) is 5.69 Å². The summed E-state index contributed by atoms with van der Waals surface area (Å²) in [7, 11) is 0. The van der Waals surface area contributed by atoms with E-state index < -0.39 is 0 Å². The molecule has 1 heterocycles. The minimum absolute atomic E-state index is 0.174. The van der Waals surface area contributed by atoms with Crippen LogP contribution in [0.15, 0.2) is 22.7 Å². The molecule has 4 heteroatoms. The molecule has 2 rings (SSSR count). The van der Waals surface area contributed by atoms with Gasteiger partial charge in [-0.15, -0.1) is 0 Å². The number of nitrogens with two attached hydrogens (primary N) is 1. The first-order chi connectivity index (χ1) is 6.66. The molecule has 1 aliphatic rings. The van der Waals surface area contributed by atoms with Crippen LogP contribution in [0, 0.1) is 5.82 Å².